The molecule has 6 heteroatoms. The number of hydrogen-bond donors (Lipinski definition) is 0. The van der Waals surface area contributed by atoms with Crippen molar-refractivity contribution in [3.63, 3.8) is 0 Å². The number of thiazole rings is 1. The van der Waals surface area contributed by atoms with Crippen LogP contribution in [0.15, 0.2) is 36.5 Å². The highest BCUT2D eigenvalue weighted by atomic mass is 35.5. The van der Waals surface area contributed by atoms with Crippen molar-refractivity contribution in [1.82, 2.24) is 9.97 Å². The normalized spacial score (nSPS) is 10.7. The van der Waals surface area contributed by atoms with Crippen LogP contribution in [0.4, 0.5) is 0 Å². The number of rotatable bonds is 4. The molecule has 0 saturated heterocycles. The largest absolute Gasteiger partial charge is 0.494 e. The molecule has 101 valence electrons. The second-order valence-corrected chi connectivity index (χ2v) is 5.31. The number of fused-ring (bicyclic) bond motifs is 1. The second kappa shape index (κ2) is 5.64. The average Bonchev–Trinajstić information content (AvgIpc) is 2.82. The molecule has 3 rings (SSSR count). The molecule has 3 aromatic rings. The van der Waals surface area contributed by atoms with Crippen LogP contribution in [0.2, 0.25) is 5.02 Å². The minimum atomic E-state index is 0.393. The first kappa shape index (κ1) is 13.1. The lowest BCUT2D eigenvalue weighted by atomic mass is 10.3. The van der Waals surface area contributed by atoms with Crippen molar-refractivity contribution in [1.29, 1.82) is 0 Å². The van der Waals surface area contributed by atoms with E-state index in [0.717, 1.165) is 10.4 Å². The summed E-state index contributed by atoms with van der Waals surface area (Å²) in [5.74, 6) is 1.44. The van der Waals surface area contributed by atoms with Gasteiger partial charge in [0.05, 0.1) is 16.3 Å². The van der Waals surface area contributed by atoms with E-state index in [1.54, 1.807) is 6.20 Å². The summed E-state index contributed by atoms with van der Waals surface area (Å²) in [6.45, 7) is 4.02. The third kappa shape index (κ3) is 2.84. The first-order valence-corrected chi connectivity index (χ1v) is 7.06. The molecule has 0 bridgehead atoms. The van der Waals surface area contributed by atoms with Crippen LogP contribution >= 0.6 is 22.9 Å². The van der Waals surface area contributed by atoms with Crippen molar-refractivity contribution in [3.05, 3.63) is 48.5 Å². The van der Waals surface area contributed by atoms with Gasteiger partial charge in [-0.3, -0.25) is 0 Å². The molecule has 0 saturated carbocycles. The number of benzene rings is 1. The van der Waals surface area contributed by atoms with Gasteiger partial charge in [0.2, 0.25) is 0 Å². The van der Waals surface area contributed by atoms with E-state index in [4.69, 9.17) is 21.1 Å². The van der Waals surface area contributed by atoms with Crippen molar-refractivity contribution in [2.24, 2.45) is 0 Å². The predicted octanol–water partition coefficient (Wildman–Crippen LogP) is 4.35. The van der Waals surface area contributed by atoms with Crippen molar-refractivity contribution in [2.75, 3.05) is 6.61 Å². The highest BCUT2D eigenvalue weighted by molar-refractivity contribution is 7.20. The predicted molar refractivity (Wildman–Crippen MR) is 79.8 cm³/mol. The molecule has 2 heterocycles. The van der Waals surface area contributed by atoms with E-state index in [1.807, 2.05) is 30.3 Å². The summed E-state index contributed by atoms with van der Waals surface area (Å²) in [5, 5.41) is 1.11. The van der Waals surface area contributed by atoms with E-state index in [9.17, 15) is 0 Å². The van der Waals surface area contributed by atoms with Crippen molar-refractivity contribution in [3.8, 4) is 16.7 Å². The molecule has 0 unspecified atom stereocenters. The summed E-state index contributed by atoms with van der Waals surface area (Å²) < 4.78 is 11.9. The summed E-state index contributed by atoms with van der Waals surface area (Å²) in [4.78, 5) is 8.44. The molecule has 0 fully saturated rings. The SMILES string of the molecule is [CH2]COc1ccc(Oc2nc3ncc(Cl)cc3s2)cc1. The van der Waals surface area contributed by atoms with E-state index in [-0.39, 0.29) is 0 Å². The molecule has 0 aliphatic rings. The molecular formula is C14H10ClN2O2S. The highest BCUT2D eigenvalue weighted by Gasteiger charge is 2.07. The Bertz CT molecular complexity index is 728. The van der Waals surface area contributed by atoms with E-state index in [0.29, 0.717) is 28.2 Å². The standard InChI is InChI=1S/C14H10ClN2O2S/c1-2-18-10-3-5-11(6-4-10)19-14-17-13-12(20-14)7-9(15)8-16-13/h3-8H,1-2H2. The zero-order chi connectivity index (χ0) is 13.9. The van der Waals surface area contributed by atoms with Gasteiger partial charge >= 0.3 is 0 Å². The van der Waals surface area contributed by atoms with Crippen LogP contribution in [-0.2, 0) is 0 Å². The average molecular weight is 306 g/mol. The Labute approximate surface area is 125 Å². The molecule has 2 aromatic heterocycles. The van der Waals surface area contributed by atoms with E-state index >= 15 is 0 Å². The van der Waals surface area contributed by atoms with Gasteiger partial charge in [-0.25, -0.2) is 4.98 Å². The van der Waals surface area contributed by atoms with Crippen molar-refractivity contribution in [2.45, 2.75) is 0 Å². The molecular weight excluding hydrogens is 296 g/mol. The van der Waals surface area contributed by atoms with E-state index < -0.39 is 0 Å². The molecule has 0 aliphatic heterocycles. The van der Waals surface area contributed by atoms with Gasteiger partial charge in [0.25, 0.3) is 5.19 Å². The van der Waals surface area contributed by atoms with Gasteiger partial charge < -0.3 is 9.47 Å². The van der Waals surface area contributed by atoms with E-state index in [1.165, 1.54) is 11.3 Å². The Kier molecular flexibility index (Phi) is 3.71. The summed E-state index contributed by atoms with van der Waals surface area (Å²) in [7, 11) is 0. The first-order chi connectivity index (χ1) is 9.74. The van der Waals surface area contributed by atoms with Gasteiger partial charge in [0, 0.05) is 6.20 Å². The van der Waals surface area contributed by atoms with Crippen LogP contribution < -0.4 is 9.47 Å². The monoisotopic (exact) mass is 305 g/mol. The Balaban J connectivity index is 1.81. The molecule has 0 N–H and O–H groups in total. The third-order valence-corrected chi connectivity index (χ3v) is 3.57. The van der Waals surface area contributed by atoms with Crippen LogP contribution in [0.5, 0.6) is 16.7 Å². The number of aromatic nitrogens is 2. The molecule has 1 aromatic carbocycles. The van der Waals surface area contributed by atoms with Crippen LogP contribution in [-0.4, -0.2) is 16.6 Å². The Hall–Kier alpha value is -1.85. The summed E-state index contributed by atoms with van der Waals surface area (Å²) in [6, 6.07) is 9.10. The molecule has 4 nitrogen and oxygen atoms in total. The summed E-state index contributed by atoms with van der Waals surface area (Å²) in [5.41, 5.74) is 0.631. The Morgan fingerprint density at radius 1 is 1.20 bits per heavy atom. The molecule has 0 atom stereocenters. The minimum Gasteiger partial charge on any atom is -0.494 e. The second-order valence-electron chi connectivity index (χ2n) is 3.88. The smallest absolute Gasteiger partial charge is 0.281 e. The Morgan fingerprint density at radius 2 is 1.95 bits per heavy atom. The Morgan fingerprint density at radius 3 is 2.70 bits per heavy atom. The van der Waals surface area contributed by atoms with Crippen LogP contribution in [0.1, 0.15) is 0 Å². The number of ether oxygens (including phenoxy) is 2. The number of halogens is 1. The summed E-state index contributed by atoms with van der Waals surface area (Å²) >= 11 is 7.29. The van der Waals surface area contributed by atoms with Gasteiger partial charge in [-0.1, -0.05) is 22.9 Å². The van der Waals surface area contributed by atoms with Crippen LogP contribution in [0.3, 0.4) is 0 Å². The maximum absolute atomic E-state index is 5.89. The van der Waals surface area contributed by atoms with Gasteiger partial charge in [-0.05, 0) is 37.3 Å². The van der Waals surface area contributed by atoms with Gasteiger partial charge in [0.15, 0.2) is 5.65 Å². The van der Waals surface area contributed by atoms with Crippen LogP contribution in [0, 0.1) is 6.92 Å². The zero-order valence-corrected chi connectivity index (χ0v) is 11.9. The van der Waals surface area contributed by atoms with Gasteiger partial charge in [-0.2, -0.15) is 4.98 Å². The fraction of sp³-hybridized carbons (Fsp3) is 0.0714. The van der Waals surface area contributed by atoms with Crippen LogP contribution in [0.25, 0.3) is 10.3 Å². The lowest BCUT2D eigenvalue weighted by Gasteiger charge is -2.04. The number of pyridine rings is 1. The summed E-state index contributed by atoms with van der Waals surface area (Å²) in [6.07, 6.45) is 1.57. The highest BCUT2D eigenvalue weighted by Crippen LogP contribution is 2.32. The quantitative estimate of drug-likeness (QED) is 0.719. The van der Waals surface area contributed by atoms with Gasteiger partial charge in [0.1, 0.15) is 11.5 Å². The maximum atomic E-state index is 5.89. The lowest BCUT2D eigenvalue weighted by Crippen LogP contribution is -1.91. The van der Waals surface area contributed by atoms with Crippen molar-refractivity contribution < 1.29 is 9.47 Å². The lowest BCUT2D eigenvalue weighted by molar-refractivity contribution is 0.360. The van der Waals surface area contributed by atoms with E-state index in [2.05, 4.69) is 16.9 Å². The van der Waals surface area contributed by atoms with Gasteiger partial charge in [-0.15, -0.1) is 0 Å². The third-order valence-electron chi connectivity index (χ3n) is 2.49. The molecule has 20 heavy (non-hydrogen) atoms. The first-order valence-electron chi connectivity index (χ1n) is 5.86. The van der Waals surface area contributed by atoms with Crippen molar-refractivity contribution >= 4 is 33.3 Å². The fourth-order valence-electron chi connectivity index (χ4n) is 1.64. The number of hydrogen-bond acceptors (Lipinski definition) is 5. The fourth-order valence-corrected chi connectivity index (χ4v) is 2.70. The molecule has 0 spiro atoms. The zero-order valence-electron chi connectivity index (χ0n) is 10.4. The number of nitrogens with zero attached hydrogens (tertiary/aromatic N) is 2. The molecule has 0 amide bonds. The molecule has 0 aliphatic carbocycles. The maximum Gasteiger partial charge on any atom is 0.281 e. The topological polar surface area (TPSA) is 44.2 Å². The minimum absolute atomic E-state index is 0.393. The molecule has 1 radical (unpaired) electrons.